The van der Waals surface area contributed by atoms with Gasteiger partial charge >= 0.3 is 0 Å². The smallest absolute Gasteiger partial charge is 0.0469 e. The van der Waals surface area contributed by atoms with Crippen molar-refractivity contribution >= 4 is 0 Å². The van der Waals surface area contributed by atoms with Crippen molar-refractivity contribution in [2.75, 3.05) is 39.4 Å². The van der Waals surface area contributed by atoms with Gasteiger partial charge in [0.25, 0.3) is 0 Å². The summed E-state index contributed by atoms with van der Waals surface area (Å²) in [5.41, 5.74) is 0. The van der Waals surface area contributed by atoms with Gasteiger partial charge in [0.05, 0.1) is 0 Å². The largest absolute Gasteiger partial charge is 0.381 e. The van der Waals surface area contributed by atoms with Crippen molar-refractivity contribution in [1.29, 1.82) is 0 Å². The Morgan fingerprint density at radius 2 is 2.14 bits per heavy atom. The molecular weight excluding hydrogens is 176 g/mol. The summed E-state index contributed by atoms with van der Waals surface area (Å²) in [4.78, 5) is 2.63. The SMILES string of the molecule is C[C@@H]1CNCCN1CC1CCOCC1. The van der Waals surface area contributed by atoms with Gasteiger partial charge in [-0.15, -0.1) is 0 Å². The van der Waals surface area contributed by atoms with E-state index in [0.29, 0.717) is 6.04 Å². The lowest BCUT2D eigenvalue weighted by atomic mass is 9.98. The molecule has 0 bridgehead atoms. The first-order valence-electron chi connectivity index (χ1n) is 5.89. The number of rotatable bonds is 2. The normalized spacial score (nSPS) is 31.9. The molecule has 0 unspecified atom stereocenters. The minimum atomic E-state index is 0.714. The fraction of sp³-hybridized carbons (Fsp3) is 1.00. The average molecular weight is 198 g/mol. The van der Waals surface area contributed by atoms with E-state index in [1.807, 2.05) is 0 Å². The summed E-state index contributed by atoms with van der Waals surface area (Å²) < 4.78 is 5.38. The van der Waals surface area contributed by atoms with E-state index in [1.165, 1.54) is 25.9 Å². The molecule has 2 aliphatic rings. The average Bonchev–Trinajstić information content (AvgIpc) is 2.23. The summed E-state index contributed by atoms with van der Waals surface area (Å²) >= 11 is 0. The lowest BCUT2D eigenvalue weighted by Gasteiger charge is -2.37. The number of piperazine rings is 1. The summed E-state index contributed by atoms with van der Waals surface area (Å²) in [5.74, 6) is 0.879. The van der Waals surface area contributed by atoms with E-state index in [-0.39, 0.29) is 0 Å². The van der Waals surface area contributed by atoms with Gasteiger partial charge in [-0.2, -0.15) is 0 Å². The minimum absolute atomic E-state index is 0.714. The molecule has 0 spiro atoms. The van der Waals surface area contributed by atoms with Crippen molar-refractivity contribution < 1.29 is 4.74 Å². The van der Waals surface area contributed by atoms with Crippen molar-refractivity contribution in [2.24, 2.45) is 5.92 Å². The van der Waals surface area contributed by atoms with Gasteiger partial charge in [-0.3, -0.25) is 4.90 Å². The zero-order valence-corrected chi connectivity index (χ0v) is 9.17. The second kappa shape index (κ2) is 5.10. The molecule has 14 heavy (non-hydrogen) atoms. The Hall–Kier alpha value is -0.120. The van der Waals surface area contributed by atoms with Gasteiger partial charge in [0.1, 0.15) is 0 Å². The first kappa shape index (κ1) is 10.4. The fourth-order valence-electron chi connectivity index (χ4n) is 2.41. The molecule has 82 valence electrons. The van der Waals surface area contributed by atoms with Crippen LogP contribution in [0.15, 0.2) is 0 Å². The Bertz CT molecular complexity index is 169. The molecule has 3 nitrogen and oxygen atoms in total. The zero-order chi connectivity index (χ0) is 9.80. The predicted octanol–water partition coefficient (Wildman–Crippen LogP) is 0.707. The number of ether oxygens (including phenoxy) is 1. The van der Waals surface area contributed by atoms with Crippen molar-refractivity contribution in [3.8, 4) is 0 Å². The van der Waals surface area contributed by atoms with E-state index in [2.05, 4.69) is 17.1 Å². The Labute approximate surface area is 86.8 Å². The second-order valence-corrected chi connectivity index (χ2v) is 4.60. The monoisotopic (exact) mass is 198 g/mol. The Kier molecular flexibility index (Phi) is 3.79. The van der Waals surface area contributed by atoms with Crippen molar-refractivity contribution in [2.45, 2.75) is 25.8 Å². The van der Waals surface area contributed by atoms with Gasteiger partial charge in [0, 0.05) is 45.4 Å². The maximum absolute atomic E-state index is 5.38. The molecule has 0 aromatic carbocycles. The summed E-state index contributed by atoms with van der Waals surface area (Å²) in [6.45, 7) is 9.10. The van der Waals surface area contributed by atoms with Gasteiger partial charge in [0.2, 0.25) is 0 Å². The third-order valence-electron chi connectivity index (χ3n) is 3.47. The van der Waals surface area contributed by atoms with Crippen LogP contribution in [0.4, 0.5) is 0 Å². The summed E-state index contributed by atoms with van der Waals surface area (Å²) in [6, 6.07) is 0.714. The Balaban J connectivity index is 1.76. The number of nitrogens with one attached hydrogen (secondary N) is 1. The van der Waals surface area contributed by atoms with E-state index in [1.54, 1.807) is 0 Å². The third-order valence-corrected chi connectivity index (χ3v) is 3.47. The molecule has 3 heteroatoms. The molecular formula is C11H22N2O. The molecule has 2 fully saturated rings. The summed E-state index contributed by atoms with van der Waals surface area (Å²) in [6.07, 6.45) is 2.52. The van der Waals surface area contributed by atoms with E-state index in [9.17, 15) is 0 Å². The highest BCUT2D eigenvalue weighted by Gasteiger charge is 2.22. The van der Waals surface area contributed by atoms with Crippen LogP contribution in [0.3, 0.4) is 0 Å². The van der Waals surface area contributed by atoms with Crippen LogP contribution in [0, 0.1) is 5.92 Å². The van der Waals surface area contributed by atoms with Gasteiger partial charge in [-0.05, 0) is 25.7 Å². The molecule has 2 heterocycles. The van der Waals surface area contributed by atoms with Crippen molar-refractivity contribution in [1.82, 2.24) is 10.2 Å². The molecule has 2 saturated heterocycles. The summed E-state index contributed by atoms with van der Waals surface area (Å²) in [7, 11) is 0. The first-order chi connectivity index (χ1) is 6.86. The van der Waals surface area contributed by atoms with Gasteiger partial charge in [-0.25, -0.2) is 0 Å². The van der Waals surface area contributed by atoms with E-state index >= 15 is 0 Å². The lowest BCUT2D eigenvalue weighted by molar-refractivity contribution is 0.0430. The Morgan fingerprint density at radius 1 is 1.36 bits per heavy atom. The number of nitrogens with zero attached hydrogens (tertiary/aromatic N) is 1. The highest BCUT2D eigenvalue weighted by molar-refractivity contribution is 4.78. The molecule has 2 aliphatic heterocycles. The molecule has 0 saturated carbocycles. The number of hydrogen-bond donors (Lipinski definition) is 1. The lowest BCUT2D eigenvalue weighted by Crippen LogP contribution is -2.51. The molecule has 0 radical (unpaired) electrons. The van der Waals surface area contributed by atoms with E-state index < -0.39 is 0 Å². The molecule has 0 aliphatic carbocycles. The first-order valence-corrected chi connectivity index (χ1v) is 5.89. The van der Waals surface area contributed by atoms with Crippen molar-refractivity contribution in [3.05, 3.63) is 0 Å². The van der Waals surface area contributed by atoms with Gasteiger partial charge in [0.15, 0.2) is 0 Å². The second-order valence-electron chi connectivity index (χ2n) is 4.60. The highest BCUT2D eigenvalue weighted by Crippen LogP contribution is 2.17. The van der Waals surface area contributed by atoms with Crippen molar-refractivity contribution in [3.63, 3.8) is 0 Å². The van der Waals surface area contributed by atoms with Crippen LogP contribution in [0.5, 0.6) is 0 Å². The maximum atomic E-state index is 5.38. The molecule has 0 aromatic rings. The van der Waals surface area contributed by atoms with E-state index in [4.69, 9.17) is 4.74 Å². The zero-order valence-electron chi connectivity index (χ0n) is 9.17. The molecule has 0 aromatic heterocycles. The third kappa shape index (κ3) is 2.69. The Morgan fingerprint density at radius 3 is 2.86 bits per heavy atom. The van der Waals surface area contributed by atoms with Crippen LogP contribution in [0.2, 0.25) is 0 Å². The quantitative estimate of drug-likeness (QED) is 0.707. The highest BCUT2D eigenvalue weighted by atomic mass is 16.5. The van der Waals surface area contributed by atoms with E-state index in [0.717, 1.165) is 32.2 Å². The van der Waals surface area contributed by atoms with Crippen LogP contribution >= 0.6 is 0 Å². The van der Waals surface area contributed by atoms with Gasteiger partial charge in [-0.1, -0.05) is 0 Å². The number of hydrogen-bond acceptors (Lipinski definition) is 3. The summed E-state index contributed by atoms with van der Waals surface area (Å²) in [5, 5.41) is 3.44. The van der Waals surface area contributed by atoms with Crippen LogP contribution in [0.25, 0.3) is 0 Å². The molecule has 0 amide bonds. The standard InChI is InChI=1S/C11H22N2O/c1-10-8-12-4-5-13(10)9-11-2-6-14-7-3-11/h10-12H,2-9H2,1H3/t10-/m1/s1. The topological polar surface area (TPSA) is 24.5 Å². The fourth-order valence-corrected chi connectivity index (χ4v) is 2.41. The molecule has 2 rings (SSSR count). The molecule has 1 N–H and O–H groups in total. The van der Waals surface area contributed by atoms with Crippen LogP contribution in [-0.4, -0.2) is 50.3 Å². The minimum Gasteiger partial charge on any atom is -0.381 e. The molecule has 1 atom stereocenters. The van der Waals surface area contributed by atoms with Crippen LogP contribution in [0.1, 0.15) is 19.8 Å². The van der Waals surface area contributed by atoms with Crippen LogP contribution < -0.4 is 5.32 Å². The maximum Gasteiger partial charge on any atom is 0.0469 e. The predicted molar refractivity (Wildman–Crippen MR) is 57.4 cm³/mol. The van der Waals surface area contributed by atoms with Gasteiger partial charge < -0.3 is 10.1 Å². The van der Waals surface area contributed by atoms with Crippen LogP contribution in [-0.2, 0) is 4.74 Å².